The lowest BCUT2D eigenvalue weighted by Gasteiger charge is -2.28. The Morgan fingerprint density at radius 2 is 2.25 bits per heavy atom. The number of hydrogen-bond donors (Lipinski definition) is 0. The first kappa shape index (κ1) is 13.8. The molecule has 16 heavy (non-hydrogen) atoms. The van der Waals surface area contributed by atoms with Crippen molar-refractivity contribution in [3.63, 3.8) is 0 Å². The van der Waals surface area contributed by atoms with E-state index in [1.165, 1.54) is 12.8 Å². The first-order valence-electron chi connectivity index (χ1n) is 6.22. The third-order valence-electron chi connectivity index (χ3n) is 2.95. The number of amides is 1. The van der Waals surface area contributed by atoms with E-state index in [0.29, 0.717) is 12.5 Å². The summed E-state index contributed by atoms with van der Waals surface area (Å²) in [5, 5.41) is 0. The Balaban J connectivity index is 2.42. The highest BCUT2D eigenvalue weighted by atomic mass is 35.5. The topological polar surface area (TPSA) is 29.5 Å². The lowest BCUT2D eigenvalue weighted by Crippen LogP contribution is -2.43. The molecule has 1 unspecified atom stereocenters. The van der Waals surface area contributed by atoms with Gasteiger partial charge >= 0.3 is 0 Å². The summed E-state index contributed by atoms with van der Waals surface area (Å²) in [5.74, 6) is 0.639. The molecule has 1 saturated heterocycles. The van der Waals surface area contributed by atoms with Crippen molar-refractivity contribution in [2.24, 2.45) is 0 Å². The van der Waals surface area contributed by atoms with Gasteiger partial charge in [0.15, 0.2) is 0 Å². The summed E-state index contributed by atoms with van der Waals surface area (Å²) in [6.07, 6.45) is 5.45. The quantitative estimate of drug-likeness (QED) is 0.552. The summed E-state index contributed by atoms with van der Waals surface area (Å²) < 4.78 is 5.30. The third kappa shape index (κ3) is 4.30. The highest BCUT2D eigenvalue weighted by Crippen LogP contribution is 2.18. The van der Waals surface area contributed by atoms with E-state index in [1.807, 2.05) is 11.8 Å². The number of ether oxygens (including phenoxy) is 1. The molecule has 0 aromatic carbocycles. The van der Waals surface area contributed by atoms with Crippen LogP contribution in [0.2, 0.25) is 0 Å². The maximum absolute atomic E-state index is 11.9. The Morgan fingerprint density at radius 3 is 2.94 bits per heavy atom. The highest BCUT2D eigenvalue weighted by Gasteiger charge is 2.24. The van der Waals surface area contributed by atoms with Crippen molar-refractivity contribution in [1.29, 1.82) is 0 Å². The van der Waals surface area contributed by atoms with Crippen molar-refractivity contribution < 1.29 is 9.53 Å². The molecule has 0 radical (unpaired) electrons. The molecule has 3 nitrogen and oxygen atoms in total. The minimum absolute atomic E-state index is 0.0981. The Labute approximate surface area is 103 Å². The summed E-state index contributed by atoms with van der Waals surface area (Å²) in [7, 11) is 0. The van der Waals surface area contributed by atoms with Crippen molar-refractivity contribution in [1.82, 2.24) is 4.90 Å². The van der Waals surface area contributed by atoms with Gasteiger partial charge in [-0.25, -0.2) is 0 Å². The molecule has 1 heterocycles. The zero-order valence-corrected chi connectivity index (χ0v) is 10.8. The van der Waals surface area contributed by atoms with Gasteiger partial charge < -0.3 is 9.64 Å². The molecule has 0 saturated carbocycles. The number of nitrogens with zero attached hydrogens (tertiary/aromatic N) is 1. The van der Waals surface area contributed by atoms with Crippen molar-refractivity contribution in [3.8, 4) is 0 Å². The standard InChI is InChI=1S/C12H22ClNO2/c1-2-8-16-10-12(15)14-7-5-3-4-6-11(14)9-13/h11H,2-10H2,1H3. The fourth-order valence-corrected chi connectivity index (χ4v) is 2.37. The predicted molar refractivity (Wildman–Crippen MR) is 65.8 cm³/mol. The lowest BCUT2D eigenvalue weighted by molar-refractivity contribution is -0.138. The molecular weight excluding hydrogens is 226 g/mol. The first-order valence-corrected chi connectivity index (χ1v) is 6.76. The molecular formula is C12H22ClNO2. The van der Waals surface area contributed by atoms with Crippen LogP contribution >= 0.6 is 11.6 Å². The molecule has 94 valence electrons. The van der Waals surface area contributed by atoms with E-state index in [0.717, 1.165) is 25.8 Å². The van der Waals surface area contributed by atoms with Crippen LogP contribution in [0.4, 0.5) is 0 Å². The van der Waals surface area contributed by atoms with Gasteiger partial charge in [0.25, 0.3) is 0 Å². The molecule has 4 heteroatoms. The monoisotopic (exact) mass is 247 g/mol. The molecule has 0 bridgehead atoms. The van der Waals surface area contributed by atoms with E-state index in [9.17, 15) is 4.79 Å². The minimum Gasteiger partial charge on any atom is -0.372 e. The van der Waals surface area contributed by atoms with E-state index in [-0.39, 0.29) is 18.6 Å². The Hall–Kier alpha value is -0.280. The molecule has 1 rings (SSSR count). The molecule has 0 aliphatic carbocycles. The fraction of sp³-hybridized carbons (Fsp3) is 0.917. The van der Waals surface area contributed by atoms with Crippen LogP contribution in [-0.4, -0.2) is 42.5 Å². The number of rotatable bonds is 5. The SMILES string of the molecule is CCCOCC(=O)N1CCCCCC1CCl. The smallest absolute Gasteiger partial charge is 0.248 e. The van der Waals surface area contributed by atoms with Gasteiger partial charge in [-0.2, -0.15) is 0 Å². The number of halogens is 1. The molecule has 0 aromatic heterocycles. The normalized spacial score (nSPS) is 21.9. The van der Waals surface area contributed by atoms with Crippen molar-refractivity contribution in [2.45, 2.75) is 45.1 Å². The molecule has 1 aliphatic rings. The average Bonchev–Trinajstić information content (AvgIpc) is 2.54. The lowest BCUT2D eigenvalue weighted by atomic mass is 10.1. The summed E-state index contributed by atoms with van der Waals surface area (Å²) in [6.45, 7) is 3.75. The second kappa shape index (κ2) is 7.91. The van der Waals surface area contributed by atoms with Gasteiger partial charge in [0.1, 0.15) is 6.61 Å². The van der Waals surface area contributed by atoms with E-state index in [2.05, 4.69) is 0 Å². The molecule has 0 aromatic rings. The number of carbonyl (C=O) groups excluding carboxylic acids is 1. The largest absolute Gasteiger partial charge is 0.372 e. The van der Waals surface area contributed by atoms with Crippen molar-refractivity contribution in [2.75, 3.05) is 25.6 Å². The van der Waals surface area contributed by atoms with Gasteiger partial charge in [0.05, 0.1) is 0 Å². The van der Waals surface area contributed by atoms with Crippen molar-refractivity contribution in [3.05, 3.63) is 0 Å². The minimum atomic E-state index is 0.0981. The summed E-state index contributed by atoms with van der Waals surface area (Å²) in [4.78, 5) is 13.8. The predicted octanol–water partition coefficient (Wildman–Crippen LogP) is 2.42. The van der Waals surface area contributed by atoms with E-state index >= 15 is 0 Å². The molecule has 1 fully saturated rings. The molecule has 1 amide bonds. The molecule has 0 spiro atoms. The number of carbonyl (C=O) groups is 1. The van der Waals surface area contributed by atoms with E-state index in [1.54, 1.807) is 0 Å². The van der Waals surface area contributed by atoms with Crippen LogP contribution in [0.25, 0.3) is 0 Å². The van der Waals surface area contributed by atoms with Gasteiger partial charge in [-0.15, -0.1) is 11.6 Å². The number of hydrogen-bond acceptors (Lipinski definition) is 2. The van der Waals surface area contributed by atoms with Gasteiger partial charge in [0, 0.05) is 25.1 Å². The summed E-state index contributed by atoms with van der Waals surface area (Å²) in [6, 6.07) is 0.210. The van der Waals surface area contributed by atoms with Gasteiger partial charge in [0.2, 0.25) is 5.91 Å². The third-order valence-corrected chi connectivity index (χ3v) is 3.31. The van der Waals surface area contributed by atoms with E-state index < -0.39 is 0 Å². The zero-order valence-electron chi connectivity index (χ0n) is 10.1. The Kier molecular flexibility index (Phi) is 6.81. The highest BCUT2D eigenvalue weighted by molar-refractivity contribution is 6.18. The maximum Gasteiger partial charge on any atom is 0.248 e. The second-order valence-electron chi connectivity index (χ2n) is 4.30. The maximum atomic E-state index is 11.9. The number of alkyl halides is 1. The van der Waals surface area contributed by atoms with Gasteiger partial charge in [-0.3, -0.25) is 4.79 Å². The second-order valence-corrected chi connectivity index (χ2v) is 4.61. The van der Waals surface area contributed by atoms with Crippen LogP contribution in [-0.2, 0) is 9.53 Å². The molecule has 1 atom stereocenters. The number of likely N-dealkylation sites (tertiary alicyclic amines) is 1. The van der Waals surface area contributed by atoms with Crippen LogP contribution in [0.5, 0.6) is 0 Å². The Morgan fingerprint density at radius 1 is 1.44 bits per heavy atom. The van der Waals surface area contributed by atoms with Gasteiger partial charge in [-0.05, 0) is 19.3 Å². The van der Waals surface area contributed by atoms with Crippen molar-refractivity contribution >= 4 is 17.5 Å². The van der Waals surface area contributed by atoms with Crippen LogP contribution in [0, 0.1) is 0 Å². The molecule has 0 N–H and O–H groups in total. The molecule has 1 aliphatic heterocycles. The summed E-state index contributed by atoms with van der Waals surface area (Å²) in [5.41, 5.74) is 0. The van der Waals surface area contributed by atoms with Gasteiger partial charge in [-0.1, -0.05) is 19.8 Å². The Bertz CT molecular complexity index is 211. The fourth-order valence-electron chi connectivity index (χ4n) is 2.05. The van der Waals surface area contributed by atoms with Crippen LogP contribution in [0.15, 0.2) is 0 Å². The van der Waals surface area contributed by atoms with E-state index in [4.69, 9.17) is 16.3 Å². The van der Waals surface area contributed by atoms with Crippen LogP contribution in [0.1, 0.15) is 39.0 Å². The average molecular weight is 248 g/mol. The van der Waals surface area contributed by atoms with Crippen LogP contribution < -0.4 is 0 Å². The first-order chi connectivity index (χ1) is 7.79. The zero-order chi connectivity index (χ0) is 11.8. The summed E-state index contributed by atoms with van der Waals surface area (Å²) >= 11 is 5.92. The van der Waals surface area contributed by atoms with Crippen LogP contribution in [0.3, 0.4) is 0 Å².